The molecule has 24 heavy (non-hydrogen) atoms. The number of aromatic nitrogens is 3. The number of likely N-dealkylation sites (N-methyl/N-ethyl adjacent to an activating group) is 1. The highest BCUT2D eigenvalue weighted by Crippen LogP contribution is 2.24. The van der Waals surface area contributed by atoms with Crippen molar-refractivity contribution in [3.8, 4) is 5.75 Å². The molecule has 7 nitrogen and oxygen atoms in total. The van der Waals surface area contributed by atoms with E-state index in [1.54, 1.807) is 0 Å². The Morgan fingerprint density at radius 3 is 3.04 bits per heavy atom. The first-order valence-corrected chi connectivity index (χ1v) is 8.02. The minimum Gasteiger partial charge on any atom is -0.490 e. The summed E-state index contributed by atoms with van der Waals surface area (Å²) in [6, 6.07) is 7.77. The number of aliphatic hydroxyl groups excluding tert-OH is 1. The van der Waals surface area contributed by atoms with E-state index in [2.05, 4.69) is 15.1 Å². The van der Waals surface area contributed by atoms with E-state index in [0.717, 1.165) is 23.1 Å². The summed E-state index contributed by atoms with van der Waals surface area (Å²) in [6.45, 7) is 3.15. The van der Waals surface area contributed by atoms with E-state index in [1.165, 1.54) is 0 Å². The van der Waals surface area contributed by atoms with Crippen LogP contribution in [0.2, 0.25) is 0 Å². The minimum absolute atomic E-state index is 0.221. The molecule has 2 N–H and O–H groups in total. The molecule has 0 saturated heterocycles. The van der Waals surface area contributed by atoms with Crippen molar-refractivity contribution in [2.24, 2.45) is 0 Å². The van der Waals surface area contributed by atoms with Gasteiger partial charge < -0.3 is 19.4 Å². The van der Waals surface area contributed by atoms with Crippen LogP contribution in [0.5, 0.6) is 5.75 Å². The van der Waals surface area contributed by atoms with Crippen molar-refractivity contribution in [2.45, 2.75) is 26.0 Å². The van der Waals surface area contributed by atoms with Gasteiger partial charge in [0.1, 0.15) is 18.5 Å². The third-order valence-electron chi connectivity index (χ3n) is 3.74. The largest absolute Gasteiger partial charge is 0.490 e. The molecule has 0 radical (unpaired) electrons. The van der Waals surface area contributed by atoms with Gasteiger partial charge in [0.25, 0.3) is 0 Å². The maximum absolute atomic E-state index is 10.2. The van der Waals surface area contributed by atoms with Crippen LogP contribution in [0.1, 0.15) is 18.6 Å². The molecule has 3 rings (SSSR count). The summed E-state index contributed by atoms with van der Waals surface area (Å²) in [5.74, 6) is 2.02. The Labute approximate surface area is 140 Å². The number of aromatic amines is 1. The zero-order chi connectivity index (χ0) is 16.9. The van der Waals surface area contributed by atoms with Gasteiger partial charge in [0.15, 0.2) is 5.82 Å². The van der Waals surface area contributed by atoms with Gasteiger partial charge in [-0.2, -0.15) is 4.98 Å². The number of rotatable bonds is 8. The molecule has 0 saturated carbocycles. The molecule has 128 valence electrons. The van der Waals surface area contributed by atoms with Gasteiger partial charge in [0, 0.05) is 30.1 Å². The van der Waals surface area contributed by atoms with E-state index in [-0.39, 0.29) is 6.61 Å². The molecule has 2 aromatic heterocycles. The van der Waals surface area contributed by atoms with Crippen molar-refractivity contribution in [3.63, 3.8) is 0 Å². The number of nitrogens with one attached hydrogen (secondary N) is 1. The van der Waals surface area contributed by atoms with Crippen LogP contribution in [0.25, 0.3) is 10.9 Å². The third-order valence-corrected chi connectivity index (χ3v) is 3.74. The Morgan fingerprint density at radius 2 is 2.25 bits per heavy atom. The van der Waals surface area contributed by atoms with Crippen LogP contribution >= 0.6 is 0 Å². The molecular formula is C17H22N4O3. The maximum atomic E-state index is 10.2. The molecule has 0 aliphatic rings. The third kappa shape index (κ3) is 3.93. The zero-order valence-electron chi connectivity index (χ0n) is 13.9. The maximum Gasteiger partial charge on any atom is 0.240 e. The van der Waals surface area contributed by atoms with E-state index in [4.69, 9.17) is 9.26 Å². The molecule has 0 aliphatic carbocycles. The fourth-order valence-corrected chi connectivity index (χ4v) is 2.57. The second kappa shape index (κ2) is 7.46. The predicted octanol–water partition coefficient (Wildman–Crippen LogP) is 1.99. The van der Waals surface area contributed by atoms with Crippen molar-refractivity contribution < 1.29 is 14.4 Å². The lowest BCUT2D eigenvalue weighted by atomic mass is 10.2. The monoisotopic (exact) mass is 330 g/mol. The van der Waals surface area contributed by atoms with Crippen LogP contribution in [-0.2, 0) is 13.0 Å². The van der Waals surface area contributed by atoms with Gasteiger partial charge in [0.2, 0.25) is 5.89 Å². The summed E-state index contributed by atoms with van der Waals surface area (Å²) < 4.78 is 10.9. The average molecular weight is 330 g/mol. The van der Waals surface area contributed by atoms with Gasteiger partial charge in [-0.1, -0.05) is 18.1 Å². The van der Waals surface area contributed by atoms with Crippen LogP contribution in [0, 0.1) is 0 Å². The van der Waals surface area contributed by atoms with Crippen molar-refractivity contribution in [3.05, 3.63) is 42.2 Å². The lowest BCUT2D eigenvalue weighted by Crippen LogP contribution is -2.32. The Balaban J connectivity index is 1.50. The molecule has 0 spiro atoms. The van der Waals surface area contributed by atoms with E-state index >= 15 is 0 Å². The summed E-state index contributed by atoms with van der Waals surface area (Å²) >= 11 is 0. The first-order chi connectivity index (χ1) is 11.7. The summed E-state index contributed by atoms with van der Waals surface area (Å²) in [6.07, 6.45) is 2.00. The fourth-order valence-electron chi connectivity index (χ4n) is 2.57. The Morgan fingerprint density at radius 1 is 1.38 bits per heavy atom. The molecular weight excluding hydrogens is 308 g/mol. The SMILES string of the molecule is CCc1noc(CN(C)CC(O)COc2cccc3[nH]ccc23)n1. The first-order valence-electron chi connectivity index (χ1n) is 8.02. The molecule has 0 amide bonds. The molecule has 0 aliphatic heterocycles. The van der Waals surface area contributed by atoms with Crippen LogP contribution in [-0.4, -0.2) is 51.4 Å². The minimum atomic E-state index is -0.613. The highest BCUT2D eigenvalue weighted by molar-refractivity contribution is 5.85. The number of ether oxygens (including phenoxy) is 1. The first kappa shape index (κ1) is 16.5. The summed E-state index contributed by atoms with van der Waals surface area (Å²) in [4.78, 5) is 9.33. The number of H-pyrrole nitrogens is 1. The number of hydrogen-bond acceptors (Lipinski definition) is 6. The van der Waals surface area contributed by atoms with E-state index < -0.39 is 6.10 Å². The smallest absolute Gasteiger partial charge is 0.240 e. The molecule has 1 aromatic carbocycles. The topological polar surface area (TPSA) is 87.4 Å². The van der Waals surface area contributed by atoms with Crippen molar-refractivity contribution in [1.82, 2.24) is 20.0 Å². The van der Waals surface area contributed by atoms with Crippen LogP contribution in [0.15, 0.2) is 35.0 Å². The normalized spacial score (nSPS) is 12.8. The van der Waals surface area contributed by atoms with Gasteiger partial charge in [-0.25, -0.2) is 0 Å². The molecule has 1 unspecified atom stereocenters. The van der Waals surface area contributed by atoms with Gasteiger partial charge in [-0.3, -0.25) is 4.90 Å². The summed E-state index contributed by atoms with van der Waals surface area (Å²) in [7, 11) is 1.89. The summed E-state index contributed by atoms with van der Waals surface area (Å²) in [5, 5.41) is 15.1. The summed E-state index contributed by atoms with van der Waals surface area (Å²) in [5.41, 5.74) is 1.02. The molecule has 3 aromatic rings. The molecule has 0 bridgehead atoms. The van der Waals surface area contributed by atoms with Gasteiger partial charge >= 0.3 is 0 Å². The second-order valence-corrected chi connectivity index (χ2v) is 5.81. The number of aryl methyl sites for hydroxylation is 1. The Kier molecular flexibility index (Phi) is 5.12. The highest BCUT2D eigenvalue weighted by atomic mass is 16.5. The lowest BCUT2D eigenvalue weighted by Gasteiger charge is -2.19. The number of aliphatic hydroxyl groups is 1. The van der Waals surface area contributed by atoms with E-state index in [0.29, 0.717) is 24.8 Å². The number of fused-ring (bicyclic) bond motifs is 1. The predicted molar refractivity (Wildman–Crippen MR) is 89.8 cm³/mol. The van der Waals surface area contributed by atoms with E-state index in [9.17, 15) is 5.11 Å². The second-order valence-electron chi connectivity index (χ2n) is 5.81. The average Bonchev–Trinajstić information content (AvgIpc) is 3.21. The molecule has 2 heterocycles. The lowest BCUT2D eigenvalue weighted by molar-refractivity contribution is 0.0719. The molecule has 0 fully saturated rings. The van der Waals surface area contributed by atoms with Gasteiger partial charge in [0.05, 0.1) is 6.54 Å². The molecule has 1 atom stereocenters. The number of nitrogens with zero attached hydrogens (tertiary/aromatic N) is 3. The zero-order valence-corrected chi connectivity index (χ0v) is 13.9. The fraction of sp³-hybridized carbons (Fsp3) is 0.412. The Bertz CT molecular complexity index is 783. The van der Waals surface area contributed by atoms with Gasteiger partial charge in [-0.05, 0) is 25.2 Å². The van der Waals surface area contributed by atoms with E-state index in [1.807, 2.05) is 49.3 Å². The van der Waals surface area contributed by atoms with Crippen LogP contribution < -0.4 is 4.74 Å². The quantitative estimate of drug-likeness (QED) is 0.657. The standard InChI is InChI=1S/C17H22N4O3/c1-3-16-19-17(24-20-16)10-21(2)9-12(22)11-23-15-6-4-5-14-13(15)7-8-18-14/h4-8,12,18,22H,3,9-11H2,1-2H3. The van der Waals surface area contributed by atoms with Crippen LogP contribution in [0.3, 0.4) is 0 Å². The van der Waals surface area contributed by atoms with Gasteiger partial charge in [-0.15, -0.1) is 0 Å². The van der Waals surface area contributed by atoms with Crippen molar-refractivity contribution in [1.29, 1.82) is 0 Å². The Hall–Kier alpha value is -2.38. The number of benzene rings is 1. The molecule has 7 heteroatoms. The number of hydrogen-bond donors (Lipinski definition) is 2. The van der Waals surface area contributed by atoms with Crippen molar-refractivity contribution >= 4 is 10.9 Å². The highest BCUT2D eigenvalue weighted by Gasteiger charge is 2.13. The van der Waals surface area contributed by atoms with Crippen LogP contribution in [0.4, 0.5) is 0 Å². The van der Waals surface area contributed by atoms with Crippen molar-refractivity contribution in [2.75, 3.05) is 20.2 Å².